The van der Waals surface area contributed by atoms with Crippen LogP contribution in [-0.4, -0.2) is 231 Å². The summed E-state index contributed by atoms with van der Waals surface area (Å²) in [5, 5.41) is 34.1. The van der Waals surface area contributed by atoms with Crippen molar-refractivity contribution >= 4 is 65.0 Å². The molecule has 0 aromatic carbocycles. The van der Waals surface area contributed by atoms with Crippen molar-refractivity contribution in [3.05, 3.63) is 24.4 Å². The smallest absolute Gasteiger partial charge is 0.270 e. The number of hydrogen-bond donors (Lipinski definition) is 6. The summed E-state index contributed by atoms with van der Waals surface area (Å²) in [6, 6.07) is -13.2. The number of rotatable bonds is 17. The zero-order chi connectivity index (χ0) is 69.2. The Morgan fingerprint density at radius 3 is 1.47 bits per heavy atom. The van der Waals surface area contributed by atoms with Gasteiger partial charge in [0.1, 0.15) is 66.1 Å². The molecule has 89 heavy (non-hydrogen) atoms. The highest BCUT2D eigenvalue weighted by atomic mass is 16.3. The number of aliphatic hydroxyl groups is 2. The third kappa shape index (κ3) is 22.8. The highest BCUT2D eigenvalue weighted by Gasteiger charge is 2.46. The van der Waals surface area contributed by atoms with E-state index in [0.717, 1.165) is 14.7 Å². The van der Waals surface area contributed by atoms with E-state index in [0.29, 0.717) is 12.8 Å². The molecule has 0 radical (unpaired) electrons. The van der Waals surface area contributed by atoms with Crippen LogP contribution in [0.15, 0.2) is 24.4 Å². The maximum Gasteiger partial charge on any atom is 0.270 e. The van der Waals surface area contributed by atoms with Gasteiger partial charge < -0.3 is 65.8 Å². The van der Waals surface area contributed by atoms with E-state index in [1.54, 1.807) is 60.6 Å². The van der Waals surface area contributed by atoms with Crippen molar-refractivity contribution in [3.63, 3.8) is 0 Å². The van der Waals surface area contributed by atoms with Crippen LogP contribution in [0.25, 0.3) is 0 Å². The van der Waals surface area contributed by atoms with E-state index >= 15 is 14.4 Å². The average molecular weight is 1260 g/mol. The average Bonchev–Trinajstić information content (AvgIpc) is 0.932. The summed E-state index contributed by atoms with van der Waals surface area (Å²) in [5.41, 5.74) is -2.04. The molecule has 24 heteroatoms. The first-order valence-electron chi connectivity index (χ1n) is 31.7. The Morgan fingerprint density at radius 2 is 1.00 bits per heavy atom. The molecule has 0 bridgehead atoms. The maximum absolute atomic E-state index is 15.2. The van der Waals surface area contributed by atoms with Gasteiger partial charge in [0, 0.05) is 55.8 Å². The second-order valence-electron chi connectivity index (χ2n) is 27.2. The minimum Gasteiger partial charge on any atom is -0.390 e. The molecule has 1 aliphatic heterocycles. The molecule has 11 amide bonds. The van der Waals surface area contributed by atoms with Crippen LogP contribution in [0, 0.1) is 35.5 Å². The predicted molar refractivity (Wildman–Crippen MR) is 343 cm³/mol. The van der Waals surface area contributed by atoms with Crippen molar-refractivity contribution in [2.45, 2.75) is 241 Å². The molecule has 0 aliphatic carbocycles. The largest absolute Gasteiger partial charge is 0.390 e. The van der Waals surface area contributed by atoms with Crippen LogP contribution in [0.1, 0.15) is 169 Å². The molecule has 0 aromatic heterocycles. The standard InChI is InChI=1S/C65H115N11O13/c1-26-28-29-41(13)53(77)52-57(81)68-45(27-2)60(84)70(19)44(16)59(83)74(23)49(35-65(17,18)89)56(80)69-50(39(9)10)63(87)71(20)46(32-30-36(3)4)55(79)66-42(14)54(78)67-43(15)58(82)73(22)48(34-38(7)8)62(86)72(21)47(33-31-37(5)6)61(85)75(24)51(40(11)12)64(88)76(52)25/h26,28,36-43,45-53,77,89H,16,27,29-35H2,1-15,17-25H3,(H,66,79)(H,67,78)(H,68,81)(H,69,80)/b28-26+/t41-,42-,43+,45-,46-,47-,48+,49+,50-,51-,52?,53-/m1/s1. The number of aliphatic hydroxyl groups excluding tert-OH is 1. The molecular formula is C65H115N11O13. The molecule has 508 valence electrons. The Hall–Kier alpha value is -6.43. The van der Waals surface area contributed by atoms with Crippen LogP contribution in [0.4, 0.5) is 0 Å². The number of allylic oxidation sites excluding steroid dienone is 2. The Morgan fingerprint density at radius 1 is 0.528 bits per heavy atom. The van der Waals surface area contributed by atoms with Gasteiger partial charge in [0.2, 0.25) is 59.1 Å². The van der Waals surface area contributed by atoms with Crippen LogP contribution in [0.5, 0.6) is 0 Å². The summed E-state index contributed by atoms with van der Waals surface area (Å²) in [6.07, 6.45) is 3.22. The molecular weight excluding hydrogens is 1140 g/mol. The van der Waals surface area contributed by atoms with E-state index in [1.807, 2.05) is 41.5 Å². The van der Waals surface area contributed by atoms with E-state index in [4.69, 9.17) is 0 Å². The van der Waals surface area contributed by atoms with Gasteiger partial charge in [0.15, 0.2) is 0 Å². The maximum atomic E-state index is 15.2. The summed E-state index contributed by atoms with van der Waals surface area (Å²) in [6.45, 7) is 33.0. The van der Waals surface area contributed by atoms with Gasteiger partial charge in [-0.1, -0.05) is 102 Å². The quantitative estimate of drug-likeness (QED) is 0.0896. The fraction of sp³-hybridized carbons (Fsp3) is 0.769. The lowest BCUT2D eigenvalue weighted by Gasteiger charge is -2.41. The summed E-state index contributed by atoms with van der Waals surface area (Å²) in [4.78, 5) is 169. The lowest BCUT2D eigenvalue weighted by Crippen LogP contribution is -2.63. The fourth-order valence-corrected chi connectivity index (χ4v) is 10.9. The van der Waals surface area contributed by atoms with E-state index < -0.39 is 161 Å². The van der Waals surface area contributed by atoms with E-state index in [2.05, 4.69) is 27.8 Å². The normalized spacial score (nSPS) is 26.4. The molecule has 1 aliphatic rings. The molecule has 6 N–H and O–H groups in total. The number of amides is 11. The Bertz CT molecular complexity index is 2490. The van der Waals surface area contributed by atoms with E-state index in [9.17, 15) is 48.6 Å². The number of nitrogens with one attached hydrogen (secondary N) is 4. The van der Waals surface area contributed by atoms with Gasteiger partial charge in [-0.25, -0.2) is 0 Å². The molecule has 1 heterocycles. The molecule has 1 fully saturated rings. The molecule has 24 nitrogen and oxygen atoms in total. The zero-order valence-corrected chi connectivity index (χ0v) is 58.3. The van der Waals surface area contributed by atoms with Crippen molar-refractivity contribution in [2.24, 2.45) is 35.5 Å². The molecule has 12 atom stereocenters. The summed E-state index contributed by atoms with van der Waals surface area (Å²) < 4.78 is 0. The van der Waals surface area contributed by atoms with E-state index in [1.165, 1.54) is 96.6 Å². The minimum atomic E-state index is -1.67. The molecule has 0 saturated carbocycles. The van der Waals surface area contributed by atoms with Gasteiger partial charge in [-0.2, -0.15) is 0 Å². The number of likely N-dealkylation sites (N-methyl/N-ethyl adjacent to an activating group) is 7. The van der Waals surface area contributed by atoms with Gasteiger partial charge in [0.05, 0.1) is 11.7 Å². The van der Waals surface area contributed by atoms with Crippen molar-refractivity contribution < 1.29 is 63.0 Å². The second-order valence-corrected chi connectivity index (χ2v) is 27.2. The van der Waals surface area contributed by atoms with E-state index in [-0.39, 0.29) is 56.3 Å². The van der Waals surface area contributed by atoms with Crippen LogP contribution in [0.2, 0.25) is 0 Å². The Labute approximate surface area is 532 Å². The molecule has 0 spiro atoms. The minimum absolute atomic E-state index is 0.0608. The first-order valence-corrected chi connectivity index (χ1v) is 31.7. The van der Waals surface area contributed by atoms with Gasteiger partial charge >= 0.3 is 0 Å². The third-order valence-corrected chi connectivity index (χ3v) is 16.9. The third-order valence-electron chi connectivity index (χ3n) is 16.9. The zero-order valence-electron chi connectivity index (χ0n) is 58.3. The summed E-state index contributed by atoms with van der Waals surface area (Å²) >= 11 is 0. The van der Waals surface area contributed by atoms with Crippen LogP contribution >= 0.6 is 0 Å². The number of carbonyl (C=O) groups excluding carboxylic acids is 11. The van der Waals surface area contributed by atoms with Gasteiger partial charge in [0.25, 0.3) is 5.91 Å². The van der Waals surface area contributed by atoms with Gasteiger partial charge in [-0.05, 0) is 115 Å². The van der Waals surface area contributed by atoms with Crippen LogP contribution in [0.3, 0.4) is 0 Å². The van der Waals surface area contributed by atoms with Crippen molar-refractivity contribution in [2.75, 3.05) is 49.3 Å². The number of hydrogen-bond acceptors (Lipinski definition) is 13. The molecule has 0 aromatic rings. The second kappa shape index (κ2) is 35.8. The highest BCUT2D eigenvalue weighted by molar-refractivity contribution is 6.02. The summed E-state index contributed by atoms with van der Waals surface area (Å²) in [5.74, 6) is -10.2. The lowest BCUT2D eigenvalue weighted by atomic mass is 9.91. The van der Waals surface area contributed by atoms with Crippen molar-refractivity contribution in [1.82, 2.24) is 55.6 Å². The van der Waals surface area contributed by atoms with Gasteiger partial charge in [-0.3, -0.25) is 52.7 Å². The van der Waals surface area contributed by atoms with Gasteiger partial charge in [-0.15, -0.1) is 0 Å². The summed E-state index contributed by atoms with van der Waals surface area (Å²) in [7, 11) is 9.56. The molecule has 1 rings (SSSR count). The monoisotopic (exact) mass is 1260 g/mol. The molecule has 1 saturated heterocycles. The van der Waals surface area contributed by atoms with Crippen LogP contribution < -0.4 is 21.3 Å². The Balaban J connectivity index is 4.44. The fourth-order valence-electron chi connectivity index (χ4n) is 10.9. The van der Waals surface area contributed by atoms with Crippen molar-refractivity contribution in [3.8, 4) is 0 Å². The molecule has 1 unspecified atom stereocenters. The van der Waals surface area contributed by atoms with Crippen molar-refractivity contribution in [1.29, 1.82) is 0 Å². The van der Waals surface area contributed by atoms with Crippen LogP contribution in [-0.2, 0) is 52.7 Å². The highest BCUT2D eigenvalue weighted by Crippen LogP contribution is 2.26. The number of nitrogens with zero attached hydrogens (tertiary/aromatic N) is 7. The SMILES string of the molecule is C=C1C(=O)N(C)[C@@H](CC(C)(C)O)C(=O)N[C@H](C(C)C)C(=O)N(C)[C@H](CCC(C)C)C(=O)N[C@H](C)C(=O)N[C@@H](C)C(=O)N(C)[C@@H](CC(C)C)C(=O)N(C)[C@H](CCC(C)C)C(=O)N(C)[C@H](C(C)C)C(=O)N(C)C([C@H](O)[C@H](C)C/C=C/C)C(=O)N[C@H](CC)C(=O)N1C. The predicted octanol–water partition coefficient (Wildman–Crippen LogP) is 3.68. The topological polar surface area (TPSA) is 299 Å². The Kier molecular flexibility index (Phi) is 32.4. The first-order chi connectivity index (χ1) is 40.9. The first kappa shape index (κ1) is 80.6. The number of carbonyl (C=O) groups is 11. The lowest BCUT2D eigenvalue weighted by molar-refractivity contribution is -0.157.